The first-order chi connectivity index (χ1) is 11.8. The molecule has 0 amide bonds. The molecule has 0 aromatic heterocycles. The Morgan fingerprint density at radius 1 is 0.958 bits per heavy atom. The standard InChI is InChI=1S/C21H26ClNO/c22-19-12-13-21(24-16-17-8-4-3-5-9-17)18(14-19)15-23-20-10-6-1-2-7-11-20/h3-5,8-9,12-14,20,23H,1-2,6-7,10-11,15-16H2. The lowest BCUT2D eigenvalue weighted by Crippen LogP contribution is -2.28. The van der Waals surface area contributed by atoms with Gasteiger partial charge in [0.25, 0.3) is 0 Å². The van der Waals surface area contributed by atoms with Crippen LogP contribution >= 0.6 is 11.6 Å². The van der Waals surface area contributed by atoms with Crippen molar-refractivity contribution < 1.29 is 4.74 Å². The summed E-state index contributed by atoms with van der Waals surface area (Å²) in [6.07, 6.45) is 7.98. The third-order valence-electron chi connectivity index (χ3n) is 4.70. The van der Waals surface area contributed by atoms with Gasteiger partial charge in [-0.15, -0.1) is 0 Å². The topological polar surface area (TPSA) is 21.3 Å². The van der Waals surface area contributed by atoms with Crippen LogP contribution in [-0.4, -0.2) is 6.04 Å². The van der Waals surface area contributed by atoms with Gasteiger partial charge in [0.15, 0.2) is 0 Å². The summed E-state index contributed by atoms with van der Waals surface area (Å²) in [5.41, 5.74) is 2.32. The summed E-state index contributed by atoms with van der Waals surface area (Å²) >= 11 is 6.20. The molecule has 2 aromatic carbocycles. The number of rotatable bonds is 6. The van der Waals surface area contributed by atoms with Gasteiger partial charge in [-0.3, -0.25) is 0 Å². The number of ether oxygens (including phenoxy) is 1. The summed E-state index contributed by atoms with van der Waals surface area (Å²) in [7, 11) is 0. The van der Waals surface area contributed by atoms with Crippen molar-refractivity contribution in [3.05, 3.63) is 64.7 Å². The fourth-order valence-corrected chi connectivity index (χ4v) is 3.49. The van der Waals surface area contributed by atoms with Gasteiger partial charge < -0.3 is 10.1 Å². The van der Waals surface area contributed by atoms with E-state index in [1.54, 1.807) is 0 Å². The predicted octanol–water partition coefficient (Wildman–Crippen LogP) is 5.73. The fraction of sp³-hybridized carbons (Fsp3) is 0.429. The molecule has 1 N–H and O–H groups in total. The summed E-state index contributed by atoms with van der Waals surface area (Å²) < 4.78 is 6.04. The van der Waals surface area contributed by atoms with Gasteiger partial charge >= 0.3 is 0 Å². The molecule has 3 heteroatoms. The molecule has 128 valence electrons. The third kappa shape index (κ3) is 5.25. The van der Waals surface area contributed by atoms with E-state index >= 15 is 0 Å². The fourth-order valence-electron chi connectivity index (χ4n) is 3.30. The van der Waals surface area contributed by atoms with E-state index in [-0.39, 0.29) is 0 Å². The lowest BCUT2D eigenvalue weighted by molar-refractivity contribution is 0.301. The second kappa shape index (κ2) is 9.10. The molecule has 0 saturated heterocycles. The van der Waals surface area contributed by atoms with E-state index in [1.165, 1.54) is 44.1 Å². The Morgan fingerprint density at radius 2 is 1.71 bits per heavy atom. The molecule has 0 radical (unpaired) electrons. The van der Waals surface area contributed by atoms with Gasteiger partial charge in [0.05, 0.1) is 0 Å². The Morgan fingerprint density at radius 3 is 2.46 bits per heavy atom. The zero-order valence-electron chi connectivity index (χ0n) is 14.1. The third-order valence-corrected chi connectivity index (χ3v) is 4.93. The SMILES string of the molecule is Clc1ccc(OCc2ccccc2)c(CNC2CCCCCC2)c1. The Labute approximate surface area is 150 Å². The Balaban J connectivity index is 1.61. The van der Waals surface area contributed by atoms with Crippen LogP contribution in [0, 0.1) is 0 Å². The molecule has 0 spiro atoms. The molecule has 3 rings (SSSR count). The van der Waals surface area contributed by atoms with Gasteiger partial charge in [-0.05, 0) is 36.6 Å². The van der Waals surface area contributed by atoms with Crippen LogP contribution in [0.15, 0.2) is 48.5 Å². The molecule has 1 saturated carbocycles. The van der Waals surface area contributed by atoms with Crippen LogP contribution < -0.4 is 10.1 Å². The van der Waals surface area contributed by atoms with Crippen molar-refractivity contribution in [1.82, 2.24) is 5.32 Å². The van der Waals surface area contributed by atoms with Crippen molar-refractivity contribution in [3.63, 3.8) is 0 Å². The Kier molecular flexibility index (Phi) is 6.57. The highest BCUT2D eigenvalue weighted by atomic mass is 35.5. The summed E-state index contributed by atoms with van der Waals surface area (Å²) in [6.45, 7) is 1.40. The van der Waals surface area contributed by atoms with Crippen LogP contribution in [-0.2, 0) is 13.2 Å². The van der Waals surface area contributed by atoms with Crippen LogP contribution in [0.4, 0.5) is 0 Å². The first-order valence-electron chi connectivity index (χ1n) is 9.00. The Hall–Kier alpha value is -1.51. The summed E-state index contributed by atoms with van der Waals surface area (Å²) in [5, 5.41) is 4.47. The van der Waals surface area contributed by atoms with Gasteiger partial charge in [0.2, 0.25) is 0 Å². The van der Waals surface area contributed by atoms with E-state index in [4.69, 9.17) is 16.3 Å². The zero-order valence-corrected chi connectivity index (χ0v) is 14.9. The number of nitrogens with one attached hydrogen (secondary N) is 1. The molecule has 0 aliphatic heterocycles. The summed E-state index contributed by atoms with van der Waals surface area (Å²) in [5.74, 6) is 0.921. The smallest absolute Gasteiger partial charge is 0.124 e. The average Bonchev–Trinajstić information content (AvgIpc) is 2.89. The number of hydrogen-bond donors (Lipinski definition) is 1. The maximum absolute atomic E-state index is 6.20. The lowest BCUT2D eigenvalue weighted by Gasteiger charge is -2.18. The van der Waals surface area contributed by atoms with Gasteiger partial charge in [-0.25, -0.2) is 0 Å². The van der Waals surface area contributed by atoms with Crippen LogP contribution in [0.3, 0.4) is 0 Å². The van der Waals surface area contributed by atoms with Crippen molar-refractivity contribution in [2.75, 3.05) is 0 Å². The molecule has 1 aliphatic carbocycles. The minimum absolute atomic E-state index is 0.582. The second-order valence-electron chi connectivity index (χ2n) is 6.60. The molecular weight excluding hydrogens is 318 g/mol. The van der Waals surface area contributed by atoms with Crippen LogP contribution in [0.1, 0.15) is 49.7 Å². The van der Waals surface area contributed by atoms with E-state index in [9.17, 15) is 0 Å². The van der Waals surface area contributed by atoms with Crippen molar-refractivity contribution in [2.24, 2.45) is 0 Å². The quantitative estimate of drug-likeness (QED) is 0.676. The van der Waals surface area contributed by atoms with E-state index in [0.29, 0.717) is 12.6 Å². The summed E-state index contributed by atoms with van der Waals surface area (Å²) in [4.78, 5) is 0. The van der Waals surface area contributed by atoms with Crippen LogP contribution in [0.25, 0.3) is 0 Å². The van der Waals surface area contributed by atoms with Crippen molar-refractivity contribution >= 4 is 11.6 Å². The molecule has 24 heavy (non-hydrogen) atoms. The van der Waals surface area contributed by atoms with E-state index in [2.05, 4.69) is 17.4 Å². The highest BCUT2D eigenvalue weighted by Gasteiger charge is 2.13. The molecule has 0 heterocycles. The molecule has 1 aliphatic rings. The van der Waals surface area contributed by atoms with Gasteiger partial charge in [-0.2, -0.15) is 0 Å². The minimum Gasteiger partial charge on any atom is -0.489 e. The van der Waals surface area contributed by atoms with E-state index in [0.717, 1.165) is 22.9 Å². The van der Waals surface area contributed by atoms with Crippen molar-refractivity contribution in [2.45, 2.75) is 57.7 Å². The highest BCUT2D eigenvalue weighted by Crippen LogP contribution is 2.25. The predicted molar refractivity (Wildman–Crippen MR) is 101 cm³/mol. The molecule has 0 bridgehead atoms. The largest absolute Gasteiger partial charge is 0.489 e. The second-order valence-corrected chi connectivity index (χ2v) is 7.03. The Bertz CT molecular complexity index is 621. The van der Waals surface area contributed by atoms with E-state index in [1.807, 2.05) is 36.4 Å². The lowest BCUT2D eigenvalue weighted by atomic mass is 10.1. The first-order valence-corrected chi connectivity index (χ1v) is 9.37. The molecule has 2 aromatic rings. The van der Waals surface area contributed by atoms with Crippen molar-refractivity contribution in [3.8, 4) is 5.75 Å². The average molecular weight is 344 g/mol. The van der Waals surface area contributed by atoms with Crippen LogP contribution in [0.5, 0.6) is 5.75 Å². The normalized spacial score (nSPS) is 15.9. The maximum Gasteiger partial charge on any atom is 0.124 e. The van der Waals surface area contributed by atoms with Crippen molar-refractivity contribution in [1.29, 1.82) is 0 Å². The molecule has 1 fully saturated rings. The number of halogens is 1. The maximum atomic E-state index is 6.20. The first kappa shape index (κ1) is 17.3. The highest BCUT2D eigenvalue weighted by molar-refractivity contribution is 6.30. The molecule has 0 unspecified atom stereocenters. The van der Waals surface area contributed by atoms with Crippen LogP contribution in [0.2, 0.25) is 5.02 Å². The zero-order chi connectivity index (χ0) is 16.6. The molecule has 2 nitrogen and oxygen atoms in total. The van der Waals surface area contributed by atoms with Gasteiger partial charge in [-0.1, -0.05) is 67.6 Å². The molecular formula is C21H26ClNO. The number of benzene rings is 2. The van der Waals surface area contributed by atoms with Gasteiger partial charge in [0, 0.05) is 23.2 Å². The monoisotopic (exact) mass is 343 g/mol. The minimum atomic E-state index is 0.582. The summed E-state index contributed by atoms with van der Waals surface area (Å²) in [6, 6.07) is 16.8. The van der Waals surface area contributed by atoms with E-state index < -0.39 is 0 Å². The molecule has 0 atom stereocenters. The number of hydrogen-bond acceptors (Lipinski definition) is 2. The van der Waals surface area contributed by atoms with Gasteiger partial charge in [0.1, 0.15) is 12.4 Å².